The van der Waals surface area contributed by atoms with Gasteiger partial charge in [-0.3, -0.25) is 4.79 Å². The summed E-state index contributed by atoms with van der Waals surface area (Å²) in [5, 5.41) is 17.3. The number of fused-ring (bicyclic) bond motifs is 1. The second-order valence-electron chi connectivity index (χ2n) is 8.04. The lowest BCUT2D eigenvalue weighted by atomic mass is 9.71. The van der Waals surface area contributed by atoms with Gasteiger partial charge in [-0.15, -0.1) is 0 Å². The Kier molecular flexibility index (Phi) is 5.15. The first kappa shape index (κ1) is 20.0. The van der Waals surface area contributed by atoms with E-state index in [0.717, 1.165) is 49.8 Å². The highest BCUT2D eigenvalue weighted by atomic mass is 35.5. The number of hydrogen-bond acceptors (Lipinski definition) is 3. The van der Waals surface area contributed by atoms with Crippen molar-refractivity contribution in [2.45, 2.75) is 44.7 Å². The highest BCUT2D eigenvalue weighted by molar-refractivity contribution is 6.30. The Morgan fingerprint density at radius 3 is 2.21 bits per heavy atom. The molecule has 7 heteroatoms. The highest BCUT2D eigenvalue weighted by Crippen LogP contribution is 2.50. The van der Waals surface area contributed by atoms with Gasteiger partial charge in [0.2, 0.25) is 0 Å². The topological polar surface area (TPSA) is 61.4 Å². The van der Waals surface area contributed by atoms with Crippen LogP contribution in [0.1, 0.15) is 43.2 Å². The minimum Gasteiger partial charge on any atom is -0.481 e. The number of carboxylic acid groups (broad SMARTS) is 1. The largest absolute Gasteiger partial charge is 0.481 e. The predicted molar refractivity (Wildman–Crippen MR) is 109 cm³/mol. The molecule has 2 aromatic carbocycles. The van der Waals surface area contributed by atoms with Gasteiger partial charge in [-0.1, -0.05) is 36.9 Å². The lowest BCUT2D eigenvalue weighted by molar-refractivity contribution is -0.146. The molecule has 0 bridgehead atoms. The van der Waals surface area contributed by atoms with Gasteiger partial charge in [-0.25, -0.2) is 8.78 Å². The van der Waals surface area contributed by atoms with Crippen molar-refractivity contribution in [3.8, 4) is 0 Å². The van der Waals surface area contributed by atoms with E-state index < -0.39 is 29.2 Å². The fourth-order valence-electron chi connectivity index (χ4n) is 4.94. The first-order valence-corrected chi connectivity index (χ1v) is 10.2. The Balaban J connectivity index is 1.89. The first-order valence-electron chi connectivity index (χ1n) is 9.86. The van der Waals surface area contributed by atoms with Crippen LogP contribution in [0.3, 0.4) is 0 Å². The number of anilines is 2. The minimum atomic E-state index is -1.23. The van der Waals surface area contributed by atoms with Crippen LogP contribution in [0, 0.1) is 30.4 Å². The molecule has 1 unspecified atom stereocenters. The molecule has 1 fully saturated rings. The van der Waals surface area contributed by atoms with Crippen LogP contribution >= 0.6 is 11.6 Å². The molecule has 3 N–H and O–H groups in total. The number of halogens is 3. The van der Waals surface area contributed by atoms with Gasteiger partial charge < -0.3 is 15.7 Å². The molecule has 1 saturated carbocycles. The van der Waals surface area contributed by atoms with Crippen molar-refractivity contribution in [3.63, 3.8) is 0 Å². The fourth-order valence-corrected chi connectivity index (χ4v) is 5.17. The van der Waals surface area contributed by atoms with Crippen LogP contribution in [0.25, 0.3) is 0 Å². The van der Waals surface area contributed by atoms with E-state index in [1.165, 1.54) is 0 Å². The van der Waals surface area contributed by atoms with Crippen molar-refractivity contribution < 1.29 is 18.7 Å². The van der Waals surface area contributed by atoms with E-state index in [2.05, 4.69) is 10.6 Å². The SMILES string of the molecule is Cc1cc(Cl)ccc1C1(C(C(=O)O)C2CCCCC2)Nc2cc(F)c(F)cc2N1. The normalized spacial score (nSPS) is 19.2. The van der Waals surface area contributed by atoms with Gasteiger partial charge in [-0.2, -0.15) is 0 Å². The lowest BCUT2D eigenvalue weighted by Gasteiger charge is -2.42. The van der Waals surface area contributed by atoms with Gasteiger partial charge in [0.1, 0.15) is 11.6 Å². The molecule has 1 aliphatic carbocycles. The molecule has 2 aliphatic rings. The Bertz CT molecular complexity index is 929. The molecular formula is C22H23ClF2N2O2. The molecule has 4 nitrogen and oxygen atoms in total. The number of carbonyl (C=O) groups is 1. The van der Waals surface area contributed by atoms with Crippen molar-refractivity contribution >= 4 is 28.9 Å². The number of aryl methyl sites for hydroxylation is 1. The van der Waals surface area contributed by atoms with Crippen molar-refractivity contribution in [3.05, 3.63) is 58.1 Å². The summed E-state index contributed by atoms with van der Waals surface area (Å²) in [4.78, 5) is 12.6. The summed E-state index contributed by atoms with van der Waals surface area (Å²) in [6.45, 7) is 1.86. The minimum absolute atomic E-state index is 0.0691. The third-order valence-corrected chi connectivity index (χ3v) is 6.43. The van der Waals surface area contributed by atoms with Gasteiger partial charge in [-0.05, 0) is 43.4 Å². The fraction of sp³-hybridized carbons (Fsp3) is 0.409. The molecule has 1 heterocycles. The van der Waals surface area contributed by atoms with Crippen LogP contribution in [-0.2, 0) is 10.5 Å². The molecule has 29 heavy (non-hydrogen) atoms. The molecule has 1 aliphatic heterocycles. The van der Waals surface area contributed by atoms with Gasteiger partial charge in [0.05, 0.1) is 11.4 Å². The number of carboxylic acids is 1. The van der Waals surface area contributed by atoms with Crippen LogP contribution in [-0.4, -0.2) is 11.1 Å². The quantitative estimate of drug-likeness (QED) is 0.576. The van der Waals surface area contributed by atoms with Gasteiger partial charge in [0.25, 0.3) is 0 Å². The van der Waals surface area contributed by atoms with Crippen LogP contribution in [0.5, 0.6) is 0 Å². The molecule has 0 radical (unpaired) electrons. The maximum absolute atomic E-state index is 13.9. The number of rotatable bonds is 4. The van der Waals surface area contributed by atoms with E-state index in [1.807, 2.05) is 6.92 Å². The zero-order chi connectivity index (χ0) is 20.8. The van der Waals surface area contributed by atoms with Crippen molar-refractivity contribution in [1.82, 2.24) is 0 Å². The average Bonchev–Trinajstić information content (AvgIpc) is 3.01. The summed E-state index contributed by atoms with van der Waals surface area (Å²) in [5.74, 6) is -3.81. The second-order valence-corrected chi connectivity index (χ2v) is 8.48. The Morgan fingerprint density at radius 2 is 1.69 bits per heavy atom. The average molecular weight is 421 g/mol. The summed E-state index contributed by atoms with van der Waals surface area (Å²) in [7, 11) is 0. The molecule has 1 atom stereocenters. The van der Waals surface area contributed by atoms with E-state index >= 15 is 0 Å². The molecule has 0 aromatic heterocycles. The van der Waals surface area contributed by atoms with E-state index in [9.17, 15) is 18.7 Å². The summed E-state index contributed by atoms with van der Waals surface area (Å²) in [5.41, 5.74) is 0.969. The Labute approximate surface area is 173 Å². The summed E-state index contributed by atoms with van der Waals surface area (Å²) in [6, 6.07) is 7.41. The zero-order valence-corrected chi connectivity index (χ0v) is 16.8. The Morgan fingerprint density at radius 1 is 1.10 bits per heavy atom. The molecule has 4 rings (SSSR count). The number of benzene rings is 2. The summed E-state index contributed by atoms with van der Waals surface area (Å²) in [6.07, 6.45) is 4.63. The predicted octanol–water partition coefficient (Wildman–Crippen LogP) is 5.90. The van der Waals surface area contributed by atoms with Crippen molar-refractivity contribution in [1.29, 1.82) is 0 Å². The van der Waals surface area contributed by atoms with Gasteiger partial charge in [0.15, 0.2) is 11.6 Å². The number of hydrogen-bond donors (Lipinski definition) is 3. The van der Waals surface area contributed by atoms with Crippen LogP contribution in [0.15, 0.2) is 30.3 Å². The second kappa shape index (κ2) is 7.48. The van der Waals surface area contributed by atoms with E-state index in [4.69, 9.17) is 11.6 Å². The summed E-state index contributed by atoms with van der Waals surface area (Å²) < 4.78 is 27.8. The lowest BCUT2D eigenvalue weighted by Crippen LogP contribution is -2.53. The van der Waals surface area contributed by atoms with Crippen LogP contribution in [0.4, 0.5) is 20.2 Å². The third kappa shape index (κ3) is 3.44. The first-order chi connectivity index (χ1) is 13.8. The van der Waals surface area contributed by atoms with Crippen LogP contribution < -0.4 is 10.6 Å². The smallest absolute Gasteiger partial charge is 0.311 e. The molecule has 2 aromatic rings. The molecule has 0 amide bonds. The van der Waals surface area contributed by atoms with Gasteiger partial charge >= 0.3 is 5.97 Å². The monoisotopic (exact) mass is 420 g/mol. The van der Waals surface area contributed by atoms with Crippen LogP contribution in [0.2, 0.25) is 5.02 Å². The van der Waals surface area contributed by atoms with Crippen molar-refractivity contribution in [2.24, 2.45) is 11.8 Å². The maximum Gasteiger partial charge on any atom is 0.311 e. The molecule has 154 valence electrons. The maximum atomic E-state index is 13.9. The third-order valence-electron chi connectivity index (χ3n) is 6.19. The number of nitrogens with one attached hydrogen (secondary N) is 2. The van der Waals surface area contributed by atoms with E-state index in [1.54, 1.807) is 18.2 Å². The summed E-state index contributed by atoms with van der Waals surface area (Å²) >= 11 is 6.13. The van der Waals surface area contributed by atoms with E-state index in [-0.39, 0.29) is 5.92 Å². The number of aliphatic carboxylic acids is 1. The molecule has 0 spiro atoms. The highest BCUT2D eigenvalue weighted by Gasteiger charge is 2.52. The standard InChI is InChI=1S/C22H23ClF2N2O2/c1-12-9-14(23)7-8-15(12)22(20(21(28)29)13-5-3-2-4-6-13)26-18-10-16(24)17(25)11-19(18)27-22/h7-11,13,20,26-27H,2-6H2,1H3,(H,28,29). The molecular weight excluding hydrogens is 398 g/mol. The van der Waals surface area contributed by atoms with Crippen molar-refractivity contribution in [2.75, 3.05) is 10.6 Å². The zero-order valence-electron chi connectivity index (χ0n) is 16.1. The van der Waals surface area contributed by atoms with E-state index in [0.29, 0.717) is 22.0 Å². The van der Waals surface area contributed by atoms with Gasteiger partial charge in [0, 0.05) is 22.7 Å². The molecule has 0 saturated heterocycles. The Hall–Kier alpha value is -2.34.